The van der Waals surface area contributed by atoms with E-state index in [0.29, 0.717) is 10.5 Å². The highest BCUT2D eigenvalue weighted by atomic mass is 32.2. The molecule has 20 heavy (non-hydrogen) atoms. The van der Waals surface area contributed by atoms with Crippen LogP contribution in [0.15, 0.2) is 40.5 Å². The fourth-order valence-electron chi connectivity index (χ4n) is 1.41. The van der Waals surface area contributed by atoms with Crippen LogP contribution in [0.4, 0.5) is 18.9 Å². The van der Waals surface area contributed by atoms with E-state index in [2.05, 4.69) is 5.18 Å². The number of rotatable bonds is 3. The second-order valence-corrected chi connectivity index (χ2v) is 4.69. The van der Waals surface area contributed by atoms with Crippen molar-refractivity contribution in [2.45, 2.75) is 11.1 Å². The van der Waals surface area contributed by atoms with Gasteiger partial charge in [-0.25, -0.2) is 0 Å². The molecule has 0 aliphatic heterocycles. The molecular weight excluding hydrogens is 293 g/mol. The minimum Gasteiger partial charge on any atom is -0.192 e. The van der Waals surface area contributed by atoms with Crippen LogP contribution in [0.5, 0.6) is 0 Å². The molecule has 0 saturated carbocycles. The van der Waals surface area contributed by atoms with Crippen molar-refractivity contribution in [2.24, 2.45) is 5.18 Å². The molecule has 2 aromatic rings. The van der Waals surface area contributed by atoms with E-state index in [4.69, 9.17) is 5.26 Å². The molecule has 9 heteroatoms. The lowest BCUT2D eigenvalue weighted by Crippen LogP contribution is -2.27. The van der Waals surface area contributed by atoms with Crippen molar-refractivity contribution in [3.05, 3.63) is 46.6 Å². The molecule has 1 heterocycles. The standard InChI is InChI=1S/C11H5F3N4OS/c12-11(13,14)10-9(17-19)6-18(16-10)20-8-3-1-7(5-15)2-4-8/h1-4,6H/p+1. The molecule has 0 aliphatic carbocycles. The van der Waals surface area contributed by atoms with Crippen LogP contribution in [-0.2, 0) is 6.18 Å². The van der Waals surface area contributed by atoms with Gasteiger partial charge >= 0.3 is 6.18 Å². The first-order chi connectivity index (χ1) is 9.44. The van der Waals surface area contributed by atoms with Crippen LogP contribution < -0.4 is 4.09 Å². The van der Waals surface area contributed by atoms with Gasteiger partial charge in [-0.1, -0.05) is 0 Å². The maximum absolute atomic E-state index is 12.6. The summed E-state index contributed by atoms with van der Waals surface area (Å²) in [5.74, 6) is 0. The smallest absolute Gasteiger partial charge is 0.192 e. The summed E-state index contributed by atoms with van der Waals surface area (Å²) >= 11 is 0.926. The number of nitriles is 1. The lowest BCUT2D eigenvalue weighted by atomic mass is 10.2. The van der Waals surface area contributed by atoms with E-state index in [0.717, 1.165) is 22.2 Å². The average Bonchev–Trinajstić information content (AvgIpc) is 2.83. The quantitative estimate of drug-likeness (QED) is 0.699. The molecule has 0 bridgehead atoms. The number of aromatic nitrogens is 2. The van der Waals surface area contributed by atoms with Gasteiger partial charge in [-0.05, 0) is 33.5 Å². The molecule has 5 nitrogen and oxygen atoms in total. The number of hydrogen-bond donors (Lipinski definition) is 1. The SMILES string of the molecule is N#Cc1ccc(S[n+]2cc(N=O)c(C(F)(F)F)[nH]2)cc1. The Morgan fingerprint density at radius 3 is 2.40 bits per heavy atom. The Bertz CT molecular complexity index is 672. The van der Waals surface area contributed by atoms with Gasteiger partial charge < -0.3 is 0 Å². The highest BCUT2D eigenvalue weighted by Crippen LogP contribution is 2.34. The van der Waals surface area contributed by atoms with Crippen LogP contribution in [0.3, 0.4) is 0 Å². The summed E-state index contributed by atoms with van der Waals surface area (Å²) in [6.45, 7) is 0. The van der Waals surface area contributed by atoms with Gasteiger partial charge in [0.15, 0.2) is 0 Å². The average molecular weight is 299 g/mol. The Hall–Kier alpha value is -2.34. The highest BCUT2D eigenvalue weighted by Gasteiger charge is 2.40. The Morgan fingerprint density at radius 1 is 1.30 bits per heavy atom. The van der Waals surface area contributed by atoms with Crippen molar-refractivity contribution in [1.82, 2.24) is 5.10 Å². The Labute approximate surface area is 115 Å². The third-order valence-corrected chi connectivity index (χ3v) is 3.16. The first-order valence-corrected chi connectivity index (χ1v) is 5.95. The van der Waals surface area contributed by atoms with E-state index in [9.17, 15) is 18.1 Å². The summed E-state index contributed by atoms with van der Waals surface area (Å²) in [5, 5.41) is 13.0. The summed E-state index contributed by atoms with van der Waals surface area (Å²) in [6.07, 6.45) is -3.72. The molecular formula is C11H6F3N4OS+. The maximum Gasteiger partial charge on any atom is 0.439 e. The molecule has 0 amide bonds. The molecule has 0 spiro atoms. The Balaban J connectivity index is 2.28. The van der Waals surface area contributed by atoms with Crippen molar-refractivity contribution >= 4 is 17.6 Å². The summed E-state index contributed by atoms with van der Waals surface area (Å²) in [6, 6.07) is 8.17. The lowest BCUT2D eigenvalue weighted by Gasteiger charge is -1.99. The predicted molar refractivity (Wildman–Crippen MR) is 63.9 cm³/mol. The molecule has 0 atom stereocenters. The topological polar surface area (TPSA) is 72.9 Å². The zero-order valence-corrected chi connectivity index (χ0v) is 10.5. The first-order valence-electron chi connectivity index (χ1n) is 5.18. The second kappa shape index (κ2) is 5.34. The predicted octanol–water partition coefficient (Wildman–Crippen LogP) is 3.15. The summed E-state index contributed by atoms with van der Waals surface area (Å²) in [5.41, 5.74) is -1.47. The zero-order chi connectivity index (χ0) is 14.8. The van der Waals surface area contributed by atoms with Crippen molar-refractivity contribution in [2.75, 3.05) is 0 Å². The third-order valence-electron chi connectivity index (χ3n) is 2.29. The van der Waals surface area contributed by atoms with Gasteiger partial charge in [0.25, 0.3) is 0 Å². The number of aromatic amines is 1. The molecule has 0 fully saturated rings. The molecule has 2 rings (SSSR count). The highest BCUT2D eigenvalue weighted by molar-refractivity contribution is 7.92. The van der Waals surface area contributed by atoms with Gasteiger partial charge in [0.2, 0.25) is 29.5 Å². The van der Waals surface area contributed by atoms with Crippen molar-refractivity contribution in [1.29, 1.82) is 5.26 Å². The normalized spacial score (nSPS) is 11.1. The van der Waals surface area contributed by atoms with Gasteiger partial charge in [-0.15, -0.1) is 10.0 Å². The number of benzene rings is 1. The summed E-state index contributed by atoms with van der Waals surface area (Å²) < 4.78 is 38.8. The van der Waals surface area contributed by atoms with Crippen molar-refractivity contribution < 1.29 is 17.3 Å². The van der Waals surface area contributed by atoms with Gasteiger partial charge in [-0.3, -0.25) is 0 Å². The van der Waals surface area contributed by atoms with Crippen LogP contribution >= 0.6 is 11.9 Å². The third kappa shape index (κ3) is 2.97. The van der Waals surface area contributed by atoms with Gasteiger partial charge in [-0.2, -0.15) is 18.4 Å². The van der Waals surface area contributed by atoms with Crippen molar-refractivity contribution in [3.63, 3.8) is 0 Å². The van der Waals surface area contributed by atoms with E-state index in [1.165, 1.54) is 12.1 Å². The number of halogens is 3. The fraction of sp³-hybridized carbons (Fsp3) is 0.0909. The Morgan fingerprint density at radius 2 is 1.95 bits per heavy atom. The minimum atomic E-state index is -4.68. The summed E-state index contributed by atoms with van der Waals surface area (Å²) in [7, 11) is 0. The first kappa shape index (κ1) is 14.1. The van der Waals surface area contributed by atoms with E-state index < -0.39 is 17.6 Å². The van der Waals surface area contributed by atoms with Crippen LogP contribution in [0.2, 0.25) is 0 Å². The molecule has 0 saturated heterocycles. The number of hydrogen-bond acceptors (Lipinski definition) is 4. The van der Waals surface area contributed by atoms with E-state index in [1.54, 1.807) is 12.1 Å². The van der Waals surface area contributed by atoms with Crippen LogP contribution in [-0.4, -0.2) is 5.10 Å². The van der Waals surface area contributed by atoms with Crippen LogP contribution in [0, 0.1) is 16.2 Å². The van der Waals surface area contributed by atoms with E-state index in [1.807, 2.05) is 11.2 Å². The molecule has 1 N–H and O–H groups in total. The second-order valence-electron chi connectivity index (χ2n) is 3.64. The van der Waals surface area contributed by atoms with Gasteiger partial charge in [0.1, 0.15) is 0 Å². The molecule has 1 aromatic carbocycles. The molecule has 0 unspecified atom stereocenters. The van der Waals surface area contributed by atoms with Gasteiger partial charge in [0, 0.05) is 0 Å². The Kier molecular flexibility index (Phi) is 3.76. The largest absolute Gasteiger partial charge is 0.439 e. The van der Waals surface area contributed by atoms with Crippen LogP contribution in [0.25, 0.3) is 0 Å². The minimum absolute atomic E-state index is 0.442. The number of nitrogens with zero attached hydrogens (tertiary/aromatic N) is 3. The lowest BCUT2D eigenvalue weighted by molar-refractivity contribution is -0.561. The molecule has 0 aliphatic rings. The summed E-state index contributed by atoms with van der Waals surface area (Å²) in [4.78, 5) is 11.0. The van der Waals surface area contributed by atoms with Crippen LogP contribution in [0.1, 0.15) is 11.3 Å². The number of alkyl halides is 3. The number of H-pyrrole nitrogens is 1. The number of nitrogens with one attached hydrogen (secondary N) is 1. The molecule has 0 radical (unpaired) electrons. The fourth-order valence-corrected chi connectivity index (χ4v) is 2.18. The maximum atomic E-state index is 12.6. The molecule has 102 valence electrons. The van der Waals surface area contributed by atoms with E-state index in [-0.39, 0.29) is 0 Å². The van der Waals surface area contributed by atoms with E-state index >= 15 is 0 Å². The van der Waals surface area contributed by atoms with Crippen molar-refractivity contribution in [3.8, 4) is 6.07 Å². The zero-order valence-electron chi connectivity index (χ0n) is 9.68. The number of nitroso groups, excluding NO2 is 1. The monoisotopic (exact) mass is 299 g/mol. The van der Waals surface area contributed by atoms with Gasteiger partial charge in [0.05, 0.1) is 16.5 Å². The molecule has 1 aromatic heterocycles.